The second-order valence-electron chi connectivity index (χ2n) is 4.10. The predicted molar refractivity (Wildman–Crippen MR) is 80.6 cm³/mol. The van der Waals surface area contributed by atoms with Crippen molar-refractivity contribution in [1.29, 1.82) is 0 Å². The Morgan fingerprint density at radius 2 is 2.10 bits per heavy atom. The number of fused-ring (bicyclic) bond motifs is 1. The summed E-state index contributed by atoms with van der Waals surface area (Å²) in [7, 11) is 1.53. The maximum absolute atomic E-state index is 12.3. The molecule has 0 atom stereocenters. The molecule has 0 aliphatic rings. The Morgan fingerprint density at radius 3 is 2.76 bits per heavy atom. The van der Waals surface area contributed by atoms with Crippen LogP contribution in [0.4, 0.5) is 11.4 Å². The highest BCUT2D eigenvalue weighted by Crippen LogP contribution is 2.30. The van der Waals surface area contributed by atoms with Gasteiger partial charge in [0.05, 0.1) is 24.7 Å². The van der Waals surface area contributed by atoms with E-state index in [1.54, 1.807) is 24.5 Å². The highest BCUT2D eigenvalue weighted by atomic mass is 32.1. The predicted octanol–water partition coefficient (Wildman–Crippen LogP) is 1.93. The number of carbonyl (C=O) groups excluding carboxylic acids is 1. The fourth-order valence-corrected chi connectivity index (χ4v) is 2.69. The van der Waals surface area contributed by atoms with Crippen LogP contribution in [0.25, 0.3) is 10.3 Å². The average Bonchev–Trinajstić information content (AvgIpc) is 2.86. The summed E-state index contributed by atoms with van der Waals surface area (Å²) in [6.45, 7) is 0. The van der Waals surface area contributed by atoms with Crippen LogP contribution in [0.1, 0.15) is 9.67 Å². The number of pyridine rings is 1. The molecule has 0 aliphatic carbocycles. The first-order valence-corrected chi connectivity index (χ1v) is 6.81. The van der Waals surface area contributed by atoms with Crippen molar-refractivity contribution < 1.29 is 9.53 Å². The standard InChI is InChI=1S/C13H11N5O2S/c1-20-8-3-2-7(6-17-8)18-12(19)11-9(14)10-13(21-11)16-5-4-15-10/h2-6H,14H2,1H3,(H,18,19). The number of hydrogen-bond donors (Lipinski definition) is 2. The van der Waals surface area contributed by atoms with Gasteiger partial charge in [0.2, 0.25) is 5.88 Å². The van der Waals surface area contributed by atoms with E-state index in [0.717, 1.165) is 0 Å². The number of nitrogens with two attached hydrogens (primary N) is 1. The van der Waals surface area contributed by atoms with E-state index in [2.05, 4.69) is 20.3 Å². The fourth-order valence-electron chi connectivity index (χ4n) is 1.78. The molecule has 0 aromatic carbocycles. The van der Waals surface area contributed by atoms with Crippen LogP contribution in [0.2, 0.25) is 0 Å². The first-order valence-electron chi connectivity index (χ1n) is 5.99. The van der Waals surface area contributed by atoms with E-state index < -0.39 is 0 Å². The van der Waals surface area contributed by atoms with Crippen molar-refractivity contribution in [3.8, 4) is 5.88 Å². The number of nitrogens with zero attached hydrogens (tertiary/aromatic N) is 3. The Hall–Kier alpha value is -2.74. The van der Waals surface area contributed by atoms with Gasteiger partial charge in [-0.25, -0.2) is 15.0 Å². The lowest BCUT2D eigenvalue weighted by molar-refractivity contribution is 0.103. The molecule has 0 bridgehead atoms. The minimum Gasteiger partial charge on any atom is -0.481 e. The molecule has 0 saturated carbocycles. The second-order valence-corrected chi connectivity index (χ2v) is 5.10. The number of aromatic nitrogens is 3. The van der Waals surface area contributed by atoms with Gasteiger partial charge >= 0.3 is 0 Å². The van der Waals surface area contributed by atoms with Crippen LogP contribution in [0, 0.1) is 0 Å². The lowest BCUT2D eigenvalue weighted by Gasteiger charge is -2.04. The summed E-state index contributed by atoms with van der Waals surface area (Å²) in [4.78, 5) is 25.6. The van der Waals surface area contributed by atoms with Crippen molar-refractivity contribution in [2.24, 2.45) is 0 Å². The quantitative estimate of drug-likeness (QED) is 0.766. The van der Waals surface area contributed by atoms with Gasteiger partial charge in [-0.05, 0) is 6.07 Å². The Morgan fingerprint density at radius 1 is 1.29 bits per heavy atom. The molecule has 0 unspecified atom stereocenters. The number of methoxy groups -OCH3 is 1. The molecular formula is C13H11N5O2S. The zero-order valence-corrected chi connectivity index (χ0v) is 11.8. The molecule has 0 fully saturated rings. The van der Waals surface area contributed by atoms with Crippen molar-refractivity contribution >= 4 is 39.0 Å². The van der Waals surface area contributed by atoms with Crippen LogP contribution in [-0.2, 0) is 0 Å². The zero-order chi connectivity index (χ0) is 14.8. The van der Waals surface area contributed by atoms with E-state index in [9.17, 15) is 4.79 Å². The van der Waals surface area contributed by atoms with Crippen LogP contribution in [0.3, 0.4) is 0 Å². The summed E-state index contributed by atoms with van der Waals surface area (Å²) >= 11 is 1.20. The number of nitrogens with one attached hydrogen (secondary N) is 1. The van der Waals surface area contributed by atoms with Crippen LogP contribution in [0.5, 0.6) is 5.88 Å². The Balaban J connectivity index is 1.87. The molecule has 1 amide bonds. The van der Waals surface area contributed by atoms with E-state index in [1.807, 2.05) is 0 Å². The van der Waals surface area contributed by atoms with E-state index in [1.165, 1.54) is 24.6 Å². The molecule has 106 valence electrons. The van der Waals surface area contributed by atoms with Gasteiger partial charge in [0.1, 0.15) is 15.2 Å². The second kappa shape index (κ2) is 5.33. The normalized spacial score (nSPS) is 10.5. The first kappa shape index (κ1) is 13.3. The molecule has 3 N–H and O–H groups in total. The molecule has 3 rings (SSSR count). The van der Waals surface area contributed by atoms with Crippen molar-refractivity contribution in [3.63, 3.8) is 0 Å². The fraction of sp³-hybridized carbons (Fsp3) is 0.0769. The molecule has 21 heavy (non-hydrogen) atoms. The smallest absolute Gasteiger partial charge is 0.268 e. The van der Waals surface area contributed by atoms with E-state index >= 15 is 0 Å². The minimum absolute atomic E-state index is 0.315. The summed E-state index contributed by atoms with van der Waals surface area (Å²) in [6, 6.07) is 3.36. The molecule has 8 heteroatoms. The van der Waals surface area contributed by atoms with Crippen molar-refractivity contribution in [3.05, 3.63) is 35.6 Å². The van der Waals surface area contributed by atoms with E-state index in [0.29, 0.717) is 32.5 Å². The maximum atomic E-state index is 12.3. The van der Waals surface area contributed by atoms with Gasteiger partial charge in [0.15, 0.2) is 0 Å². The zero-order valence-electron chi connectivity index (χ0n) is 11.0. The summed E-state index contributed by atoms with van der Waals surface area (Å²) in [5.41, 5.74) is 7.38. The Bertz CT molecular complexity index is 800. The largest absolute Gasteiger partial charge is 0.481 e. The Kier molecular flexibility index (Phi) is 3.36. The van der Waals surface area contributed by atoms with Gasteiger partial charge in [-0.3, -0.25) is 4.79 Å². The van der Waals surface area contributed by atoms with Crippen LogP contribution in [0.15, 0.2) is 30.7 Å². The van der Waals surface area contributed by atoms with E-state index in [4.69, 9.17) is 10.5 Å². The molecule has 0 aliphatic heterocycles. The molecule has 0 spiro atoms. The first-order chi connectivity index (χ1) is 10.2. The third-order valence-electron chi connectivity index (χ3n) is 2.77. The number of rotatable bonds is 3. The van der Waals surface area contributed by atoms with Gasteiger partial charge in [-0.1, -0.05) is 0 Å². The minimum atomic E-state index is -0.315. The molecule has 3 heterocycles. The van der Waals surface area contributed by atoms with Crippen molar-refractivity contribution in [2.45, 2.75) is 0 Å². The summed E-state index contributed by atoms with van der Waals surface area (Å²) < 4.78 is 4.96. The molecular weight excluding hydrogens is 290 g/mol. The lowest BCUT2D eigenvalue weighted by Crippen LogP contribution is -2.12. The van der Waals surface area contributed by atoms with Crippen molar-refractivity contribution in [1.82, 2.24) is 15.0 Å². The number of thiophene rings is 1. The summed E-state index contributed by atoms with van der Waals surface area (Å²) in [6.07, 6.45) is 4.62. The molecule has 3 aromatic heterocycles. The van der Waals surface area contributed by atoms with Crippen LogP contribution >= 0.6 is 11.3 Å². The lowest BCUT2D eigenvalue weighted by atomic mass is 10.3. The van der Waals surface area contributed by atoms with Gasteiger partial charge in [-0.15, -0.1) is 11.3 Å². The number of hydrogen-bond acceptors (Lipinski definition) is 7. The summed E-state index contributed by atoms with van der Waals surface area (Å²) in [5, 5.41) is 2.73. The monoisotopic (exact) mass is 301 g/mol. The number of nitrogen functional groups attached to an aromatic ring is 1. The van der Waals surface area contributed by atoms with Gasteiger partial charge < -0.3 is 15.8 Å². The number of amides is 1. The highest BCUT2D eigenvalue weighted by Gasteiger charge is 2.18. The molecule has 0 saturated heterocycles. The molecule has 3 aromatic rings. The third-order valence-corrected chi connectivity index (χ3v) is 3.87. The van der Waals surface area contributed by atoms with Crippen molar-refractivity contribution in [2.75, 3.05) is 18.2 Å². The topological polar surface area (TPSA) is 103 Å². The number of anilines is 2. The van der Waals surface area contributed by atoms with Gasteiger partial charge in [0, 0.05) is 18.5 Å². The molecule has 0 radical (unpaired) electrons. The van der Waals surface area contributed by atoms with Crippen LogP contribution in [-0.4, -0.2) is 28.0 Å². The molecule has 7 nitrogen and oxygen atoms in total. The highest BCUT2D eigenvalue weighted by molar-refractivity contribution is 7.21. The van der Waals surface area contributed by atoms with Gasteiger partial charge in [-0.2, -0.15) is 0 Å². The summed E-state index contributed by atoms with van der Waals surface area (Å²) in [5.74, 6) is 0.159. The van der Waals surface area contributed by atoms with Crippen LogP contribution < -0.4 is 15.8 Å². The number of carbonyl (C=O) groups is 1. The van der Waals surface area contributed by atoms with Gasteiger partial charge in [0.25, 0.3) is 5.91 Å². The number of ether oxygens (including phenoxy) is 1. The third kappa shape index (κ3) is 2.48. The average molecular weight is 301 g/mol. The maximum Gasteiger partial charge on any atom is 0.268 e. The SMILES string of the molecule is COc1ccc(NC(=O)c2sc3nccnc3c2N)cn1. The Labute approximate surface area is 123 Å². The van der Waals surface area contributed by atoms with E-state index in [-0.39, 0.29) is 5.91 Å².